The van der Waals surface area contributed by atoms with Gasteiger partial charge in [-0.15, -0.1) is 0 Å². The Balaban J connectivity index is 2.24. The molecule has 2 rings (SSSR count). The number of oxazole rings is 1. The van der Waals surface area contributed by atoms with Crippen molar-refractivity contribution in [3.05, 3.63) is 24.1 Å². The van der Waals surface area contributed by atoms with Gasteiger partial charge in [-0.25, -0.2) is 4.98 Å². The van der Waals surface area contributed by atoms with Gasteiger partial charge in [0.15, 0.2) is 11.5 Å². The van der Waals surface area contributed by atoms with E-state index in [-0.39, 0.29) is 12.3 Å². The highest BCUT2D eigenvalue weighted by molar-refractivity contribution is 5.85. The zero-order chi connectivity index (χ0) is 11.8. The maximum Gasteiger partial charge on any atom is 0.389 e. The average Bonchev–Trinajstić information content (AvgIpc) is 2.58. The summed E-state index contributed by atoms with van der Waals surface area (Å²) in [5.74, 6) is 0.0604. The van der Waals surface area contributed by atoms with Crippen LogP contribution in [0.1, 0.15) is 12.3 Å². The number of rotatable bonds is 2. The normalized spacial score (nSPS) is 12.2. The fourth-order valence-electron chi connectivity index (χ4n) is 1.37. The van der Waals surface area contributed by atoms with Gasteiger partial charge >= 0.3 is 6.18 Å². The molecule has 86 valence electrons. The van der Waals surface area contributed by atoms with E-state index in [4.69, 9.17) is 10.2 Å². The average molecular weight is 230 g/mol. The molecule has 0 spiro atoms. The fourth-order valence-corrected chi connectivity index (χ4v) is 1.37. The van der Waals surface area contributed by atoms with Crippen LogP contribution in [0.3, 0.4) is 0 Å². The van der Waals surface area contributed by atoms with E-state index in [1.165, 1.54) is 0 Å². The molecule has 6 heteroatoms. The fraction of sp³-hybridized carbons (Fsp3) is 0.300. The minimum Gasteiger partial charge on any atom is -0.441 e. The number of halogens is 3. The highest BCUT2D eigenvalue weighted by atomic mass is 19.4. The molecule has 3 nitrogen and oxygen atoms in total. The van der Waals surface area contributed by atoms with Crippen LogP contribution >= 0.6 is 0 Å². The molecule has 0 aliphatic heterocycles. The Bertz CT molecular complexity index is 504. The summed E-state index contributed by atoms with van der Waals surface area (Å²) in [6.45, 7) is 0. The Morgan fingerprint density at radius 3 is 2.69 bits per heavy atom. The third kappa shape index (κ3) is 2.26. The predicted molar refractivity (Wildman–Crippen MR) is 52.8 cm³/mol. The molecule has 0 amide bonds. The third-order valence-corrected chi connectivity index (χ3v) is 2.12. The number of nitrogens with two attached hydrogens (primary N) is 1. The van der Waals surface area contributed by atoms with Crippen LogP contribution in [0.4, 0.5) is 18.9 Å². The van der Waals surface area contributed by atoms with Gasteiger partial charge in [-0.2, -0.15) is 13.2 Å². The minimum atomic E-state index is -4.20. The van der Waals surface area contributed by atoms with Gasteiger partial charge in [0.2, 0.25) is 0 Å². The number of benzene rings is 1. The molecule has 0 radical (unpaired) electrons. The second-order valence-electron chi connectivity index (χ2n) is 3.42. The van der Waals surface area contributed by atoms with Crippen molar-refractivity contribution in [2.24, 2.45) is 0 Å². The summed E-state index contributed by atoms with van der Waals surface area (Å²) >= 11 is 0. The topological polar surface area (TPSA) is 52.0 Å². The molecule has 0 unspecified atom stereocenters. The number of alkyl halides is 3. The smallest absolute Gasteiger partial charge is 0.389 e. The van der Waals surface area contributed by atoms with Crippen molar-refractivity contribution in [3.63, 3.8) is 0 Å². The van der Waals surface area contributed by atoms with E-state index < -0.39 is 12.6 Å². The van der Waals surface area contributed by atoms with Gasteiger partial charge in [0, 0.05) is 6.42 Å². The quantitative estimate of drug-likeness (QED) is 0.807. The van der Waals surface area contributed by atoms with E-state index in [1.54, 1.807) is 18.2 Å². The number of aryl methyl sites for hydroxylation is 1. The zero-order valence-electron chi connectivity index (χ0n) is 8.21. The summed E-state index contributed by atoms with van der Waals surface area (Å²) in [5, 5.41) is 0. The maximum atomic E-state index is 12.0. The summed E-state index contributed by atoms with van der Waals surface area (Å²) < 4.78 is 41.1. The molecule has 1 heterocycles. The number of aromatic nitrogens is 1. The number of hydrogen-bond donors (Lipinski definition) is 1. The predicted octanol–water partition coefficient (Wildman–Crippen LogP) is 2.90. The maximum absolute atomic E-state index is 12.0. The SMILES string of the molecule is Nc1cccc2oc(CCC(F)(F)F)nc12. The molecular weight excluding hydrogens is 221 g/mol. The van der Waals surface area contributed by atoms with Gasteiger partial charge in [0.1, 0.15) is 5.52 Å². The third-order valence-electron chi connectivity index (χ3n) is 2.12. The van der Waals surface area contributed by atoms with E-state index in [0.29, 0.717) is 16.8 Å². The Labute approximate surface area is 89.1 Å². The minimum absolute atomic E-state index is 0.0604. The first-order valence-electron chi connectivity index (χ1n) is 4.66. The molecule has 1 aromatic heterocycles. The van der Waals surface area contributed by atoms with Crippen molar-refractivity contribution in [3.8, 4) is 0 Å². The standard InChI is InChI=1S/C10H9F3N2O/c11-10(12,13)5-4-8-15-9-6(14)2-1-3-7(9)16-8/h1-3H,4-5,14H2. The van der Waals surface area contributed by atoms with E-state index in [0.717, 1.165) is 0 Å². The number of fused-ring (bicyclic) bond motifs is 1. The number of hydrogen-bond acceptors (Lipinski definition) is 3. The molecule has 0 aliphatic carbocycles. The number of nitrogen functional groups attached to an aromatic ring is 1. The lowest BCUT2D eigenvalue weighted by Gasteiger charge is -2.02. The monoisotopic (exact) mass is 230 g/mol. The first-order valence-corrected chi connectivity index (χ1v) is 4.66. The second kappa shape index (κ2) is 3.70. The summed E-state index contributed by atoms with van der Waals surface area (Å²) in [7, 11) is 0. The lowest BCUT2D eigenvalue weighted by Crippen LogP contribution is -2.08. The largest absolute Gasteiger partial charge is 0.441 e. The van der Waals surface area contributed by atoms with Crippen molar-refractivity contribution in [1.82, 2.24) is 4.98 Å². The van der Waals surface area contributed by atoms with Crippen molar-refractivity contribution < 1.29 is 17.6 Å². The molecule has 16 heavy (non-hydrogen) atoms. The summed E-state index contributed by atoms with van der Waals surface area (Å²) in [5.41, 5.74) is 6.84. The Morgan fingerprint density at radius 1 is 1.31 bits per heavy atom. The van der Waals surface area contributed by atoms with Crippen LogP contribution in [0.15, 0.2) is 22.6 Å². The van der Waals surface area contributed by atoms with Gasteiger partial charge < -0.3 is 10.2 Å². The molecule has 0 saturated carbocycles. The summed E-state index contributed by atoms with van der Waals surface area (Å²) in [6, 6.07) is 4.91. The molecule has 0 fully saturated rings. The van der Waals surface area contributed by atoms with Gasteiger partial charge in [-0.3, -0.25) is 0 Å². The van der Waals surface area contributed by atoms with Crippen molar-refractivity contribution in [1.29, 1.82) is 0 Å². The van der Waals surface area contributed by atoms with E-state index in [1.807, 2.05) is 0 Å². The first kappa shape index (κ1) is 10.8. The van der Waals surface area contributed by atoms with Gasteiger partial charge in [0.05, 0.1) is 12.1 Å². The molecule has 0 aliphatic rings. The molecule has 0 bridgehead atoms. The Hall–Kier alpha value is -1.72. The summed E-state index contributed by atoms with van der Waals surface area (Å²) in [4.78, 5) is 3.92. The molecular formula is C10H9F3N2O. The van der Waals surface area contributed by atoms with Crippen LogP contribution in [-0.4, -0.2) is 11.2 Å². The molecule has 0 atom stereocenters. The number of para-hydroxylation sites is 1. The van der Waals surface area contributed by atoms with Gasteiger partial charge in [-0.1, -0.05) is 6.07 Å². The molecule has 2 N–H and O–H groups in total. The summed E-state index contributed by atoms with van der Waals surface area (Å²) in [6.07, 6.45) is -5.41. The number of anilines is 1. The molecule has 1 aromatic carbocycles. The van der Waals surface area contributed by atoms with Gasteiger partial charge in [-0.05, 0) is 12.1 Å². The lowest BCUT2D eigenvalue weighted by molar-refractivity contribution is -0.134. The Kier molecular flexibility index (Phi) is 2.49. The van der Waals surface area contributed by atoms with Gasteiger partial charge in [0.25, 0.3) is 0 Å². The van der Waals surface area contributed by atoms with Crippen LogP contribution in [0, 0.1) is 0 Å². The second-order valence-corrected chi connectivity index (χ2v) is 3.42. The van der Waals surface area contributed by atoms with Crippen LogP contribution in [0.2, 0.25) is 0 Å². The van der Waals surface area contributed by atoms with E-state index in [2.05, 4.69) is 4.98 Å². The zero-order valence-corrected chi connectivity index (χ0v) is 8.21. The first-order chi connectivity index (χ1) is 7.46. The van der Waals surface area contributed by atoms with Crippen molar-refractivity contribution in [2.75, 3.05) is 5.73 Å². The van der Waals surface area contributed by atoms with E-state index >= 15 is 0 Å². The highest BCUT2D eigenvalue weighted by Crippen LogP contribution is 2.25. The molecule has 2 aromatic rings. The van der Waals surface area contributed by atoms with Crippen molar-refractivity contribution >= 4 is 16.8 Å². The van der Waals surface area contributed by atoms with Crippen LogP contribution in [-0.2, 0) is 6.42 Å². The van der Waals surface area contributed by atoms with Crippen molar-refractivity contribution in [2.45, 2.75) is 19.0 Å². The Morgan fingerprint density at radius 2 is 2.06 bits per heavy atom. The highest BCUT2D eigenvalue weighted by Gasteiger charge is 2.27. The van der Waals surface area contributed by atoms with Crippen LogP contribution in [0.25, 0.3) is 11.1 Å². The lowest BCUT2D eigenvalue weighted by atomic mass is 10.3. The number of nitrogens with zero attached hydrogens (tertiary/aromatic N) is 1. The molecule has 0 saturated heterocycles. The van der Waals surface area contributed by atoms with Crippen LogP contribution < -0.4 is 5.73 Å². The van der Waals surface area contributed by atoms with E-state index in [9.17, 15) is 13.2 Å². The van der Waals surface area contributed by atoms with Crippen LogP contribution in [0.5, 0.6) is 0 Å².